The van der Waals surface area contributed by atoms with E-state index in [0.717, 1.165) is 0 Å². The first-order valence-electron chi connectivity index (χ1n) is 5.42. The third kappa shape index (κ3) is 4.94. The molecule has 19 heavy (non-hydrogen) atoms. The first kappa shape index (κ1) is 14.9. The summed E-state index contributed by atoms with van der Waals surface area (Å²) < 4.78 is 4.89. The van der Waals surface area contributed by atoms with Gasteiger partial charge in [0.25, 0.3) is 0 Å². The topological polar surface area (TPSA) is 124 Å². The Bertz CT molecular complexity index is 440. The molecule has 0 bridgehead atoms. The zero-order chi connectivity index (χ0) is 14.4. The van der Waals surface area contributed by atoms with Gasteiger partial charge in [0.15, 0.2) is 6.61 Å². The summed E-state index contributed by atoms with van der Waals surface area (Å²) >= 11 is 0. The van der Waals surface area contributed by atoms with Crippen molar-refractivity contribution >= 4 is 11.9 Å². The van der Waals surface area contributed by atoms with Crippen LogP contribution in [0.2, 0.25) is 0 Å². The van der Waals surface area contributed by atoms with E-state index in [0.29, 0.717) is 11.3 Å². The quantitative estimate of drug-likeness (QED) is 0.550. The van der Waals surface area contributed by atoms with Gasteiger partial charge in [-0.2, -0.15) is 0 Å². The molecule has 0 saturated heterocycles. The second-order valence-corrected chi connectivity index (χ2v) is 3.86. The number of benzene rings is 1. The molecular weight excluding hydrogens is 256 g/mol. The Kier molecular flexibility index (Phi) is 5.28. The summed E-state index contributed by atoms with van der Waals surface area (Å²) in [6.45, 7) is -0.483. The third-order valence-electron chi connectivity index (χ3n) is 2.33. The highest BCUT2D eigenvalue weighted by atomic mass is 16.5. The van der Waals surface area contributed by atoms with Crippen LogP contribution in [0.1, 0.15) is 18.1 Å². The summed E-state index contributed by atoms with van der Waals surface area (Å²) in [5.41, 5.74) is 0.316. The predicted octanol–water partition coefficient (Wildman–Crippen LogP) is 0.0190. The van der Waals surface area contributed by atoms with Crippen LogP contribution in [-0.2, 0) is 9.59 Å². The Morgan fingerprint density at radius 1 is 1.05 bits per heavy atom. The standard InChI is InChI=1S/C12H14O7/c13-9(5-10(14)15)12(18)7-1-3-8(4-2-7)19-6-11(16)17/h1-4,9,12-13,18H,5-6H2,(H,14,15)(H,16,17). The van der Waals surface area contributed by atoms with Crippen LogP contribution in [0.4, 0.5) is 0 Å². The van der Waals surface area contributed by atoms with Crippen LogP contribution in [0, 0.1) is 0 Å². The summed E-state index contributed by atoms with van der Waals surface area (Å²) in [6.07, 6.45) is -3.31. The normalized spacial score (nSPS) is 13.6. The highest BCUT2D eigenvalue weighted by Crippen LogP contribution is 2.21. The maximum Gasteiger partial charge on any atom is 0.341 e. The Morgan fingerprint density at radius 2 is 1.63 bits per heavy atom. The van der Waals surface area contributed by atoms with Gasteiger partial charge in [0.05, 0.1) is 12.5 Å². The minimum atomic E-state index is -1.41. The molecule has 0 fully saturated rings. The van der Waals surface area contributed by atoms with E-state index in [1.54, 1.807) is 0 Å². The van der Waals surface area contributed by atoms with Crippen molar-refractivity contribution in [3.63, 3.8) is 0 Å². The van der Waals surface area contributed by atoms with Crippen LogP contribution in [0.25, 0.3) is 0 Å². The van der Waals surface area contributed by atoms with Crippen molar-refractivity contribution in [2.75, 3.05) is 6.61 Å². The predicted molar refractivity (Wildman–Crippen MR) is 62.8 cm³/mol. The fourth-order valence-electron chi connectivity index (χ4n) is 1.42. The fourth-order valence-corrected chi connectivity index (χ4v) is 1.42. The molecule has 1 aromatic carbocycles. The Labute approximate surface area is 108 Å². The van der Waals surface area contributed by atoms with Crippen LogP contribution in [0.15, 0.2) is 24.3 Å². The lowest BCUT2D eigenvalue weighted by atomic mass is 10.0. The minimum absolute atomic E-state index is 0.297. The van der Waals surface area contributed by atoms with Crippen molar-refractivity contribution in [3.8, 4) is 5.75 Å². The van der Waals surface area contributed by atoms with Crippen LogP contribution in [0.5, 0.6) is 5.75 Å². The van der Waals surface area contributed by atoms with Gasteiger partial charge < -0.3 is 25.2 Å². The first-order chi connectivity index (χ1) is 8.90. The lowest BCUT2D eigenvalue weighted by Crippen LogP contribution is -2.21. The molecule has 0 aliphatic heterocycles. The van der Waals surface area contributed by atoms with E-state index in [1.807, 2.05) is 0 Å². The smallest absolute Gasteiger partial charge is 0.341 e. The molecule has 4 N–H and O–H groups in total. The molecule has 0 aromatic heterocycles. The number of ether oxygens (including phenoxy) is 1. The molecule has 0 spiro atoms. The van der Waals surface area contributed by atoms with E-state index in [-0.39, 0.29) is 0 Å². The maximum atomic E-state index is 10.4. The van der Waals surface area contributed by atoms with Crippen LogP contribution in [0.3, 0.4) is 0 Å². The Hall–Kier alpha value is -2.12. The van der Waals surface area contributed by atoms with Gasteiger partial charge in [-0.15, -0.1) is 0 Å². The molecule has 2 atom stereocenters. The van der Waals surface area contributed by atoms with Gasteiger partial charge in [0.2, 0.25) is 0 Å². The highest BCUT2D eigenvalue weighted by Gasteiger charge is 2.21. The van der Waals surface area contributed by atoms with Gasteiger partial charge >= 0.3 is 11.9 Å². The van der Waals surface area contributed by atoms with E-state index in [2.05, 4.69) is 0 Å². The number of aliphatic carboxylic acids is 2. The van der Waals surface area contributed by atoms with Crippen LogP contribution < -0.4 is 4.74 Å². The molecule has 0 aliphatic carbocycles. The van der Waals surface area contributed by atoms with Gasteiger partial charge in [0, 0.05) is 0 Å². The molecule has 0 heterocycles. The van der Waals surface area contributed by atoms with Gasteiger partial charge in [-0.1, -0.05) is 12.1 Å². The maximum absolute atomic E-state index is 10.4. The van der Waals surface area contributed by atoms with Crippen molar-refractivity contribution in [3.05, 3.63) is 29.8 Å². The molecule has 0 radical (unpaired) electrons. The summed E-state index contributed by atoms with van der Waals surface area (Å²) in [5, 5.41) is 36.1. The monoisotopic (exact) mass is 270 g/mol. The van der Waals surface area contributed by atoms with E-state index < -0.39 is 37.2 Å². The van der Waals surface area contributed by atoms with E-state index in [1.165, 1.54) is 24.3 Å². The Balaban J connectivity index is 2.64. The first-order valence-corrected chi connectivity index (χ1v) is 5.42. The number of carboxylic acid groups (broad SMARTS) is 2. The van der Waals surface area contributed by atoms with Gasteiger partial charge in [-0.05, 0) is 17.7 Å². The van der Waals surface area contributed by atoms with Crippen molar-refractivity contribution in [1.82, 2.24) is 0 Å². The second kappa shape index (κ2) is 6.72. The lowest BCUT2D eigenvalue weighted by Gasteiger charge is -2.16. The van der Waals surface area contributed by atoms with Gasteiger partial charge in [-0.3, -0.25) is 4.79 Å². The fraction of sp³-hybridized carbons (Fsp3) is 0.333. The van der Waals surface area contributed by atoms with E-state index in [9.17, 15) is 19.8 Å². The summed E-state index contributed by atoms with van der Waals surface area (Å²) in [6, 6.07) is 5.70. The molecule has 0 amide bonds. The van der Waals surface area contributed by atoms with Gasteiger partial charge in [0.1, 0.15) is 11.9 Å². The number of rotatable bonds is 7. The SMILES string of the molecule is O=C(O)COc1ccc(C(O)C(O)CC(=O)O)cc1. The molecule has 0 aliphatic rings. The zero-order valence-corrected chi connectivity index (χ0v) is 9.89. The van der Waals surface area contributed by atoms with Crippen LogP contribution >= 0.6 is 0 Å². The third-order valence-corrected chi connectivity index (χ3v) is 2.33. The summed E-state index contributed by atoms with van der Waals surface area (Å²) in [7, 11) is 0. The summed E-state index contributed by atoms with van der Waals surface area (Å²) in [5.74, 6) is -2.03. The zero-order valence-electron chi connectivity index (χ0n) is 9.89. The number of carboxylic acids is 2. The molecule has 1 aromatic rings. The summed E-state index contributed by atoms with van der Waals surface area (Å²) in [4.78, 5) is 20.7. The Morgan fingerprint density at radius 3 is 2.11 bits per heavy atom. The molecule has 104 valence electrons. The molecule has 1 rings (SSSR count). The molecule has 0 saturated carbocycles. The number of hydrogen-bond donors (Lipinski definition) is 4. The highest BCUT2D eigenvalue weighted by molar-refractivity contribution is 5.68. The number of hydrogen-bond acceptors (Lipinski definition) is 5. The molecular formula is C12H14O7. The van der Waals surface area contributed by atoms with Crippen molar-refractivity contribution in [2.45, 2.75) is 18.6 Å². The van der Waals surface area contributed by atoms with E-state index in [4.69, 9.17) is 14.9 Å². The molecule has 2 unspecified atom stereocenters. The van der Waals surface area contributed by atoms with E-state index >= 15 is 0 Å². The minimum Gasteiger partial charge on any atom is -0.482 e. The van der Waals surface area contributed by atoms with Crippen molar-refractivity contribution in [2.24, 2.45) is 0 Å². The van der Waals surface area contributed by atoms with Crippen molar-refractivity contribution in [1.29, 1.82) is 0 Å². The van der Waals surface area contributed by atoms with Crippen molar-refractivity contribution < 1.29 is 34.8 Å². The lowest BCUT2D eigenvalue weighted by molar-refractivity contribution is -0.141. The number of aliphatic hydroxyl groups excluding tert-OH is 2. The number of aliphatic hydroxyl groups is 2. The molecule has 7 nitrogen and oxygen atoms in total. The largest absolute Gasteiger partial charge is 0.482 e. The average Bonchev–Trinajstić information content (AvgIpc) is 2.35. The van der Waals surface area contributed by atoms with Gasteiger partial charge in [-0.25, -0.2) is 4.79 Å². The number of carbonyl (C=O) groups is 2. The molecule has 7 heteroatoms. The average molecular weight is 270 g/mol. The second-order valence-electron chi connectivity index (χ2n) is 3.86. The van der Waals surface area contributed by atoms with Crippen LogP contribution in [-0.4, -0.2) is 45.1 Å².